The van der Waals surface area contributed by atoms with Crippen LogP contribution in [0.1, 0.15) is 25.5 Å². The fourth-order valence-corrected chi connectivity index (χ4v) is 1.61. The molecule has 0 radical (unpaired) electrons. The topological polar surface area (TPSA) is 44.5 Å². The molecule has 2 atom stereocenters. The summed E-state index contributed by atoms with van der Waals surface area (Å²) in [5.41, 5.74) is 6.76. The van der Waals surface area contributed by atoms with Crippen molar-refractivity contribution in [2.24, 2.45) is 5.73 Å². The lowest BCUT2D eigenvalue weighted by molar-refractivity contribution is 0.0921. The van der Waals surface area contributed by atoms with Gasteiger partial charge in [-0.25, -0.2) is 0 Å². The molecule has 0 saturated heterocycles. The number of methoxy groups -OCH3 is 1. The number of nitrogens with two attached hydrogens (primary N) is 1. The van der Waals surface area contributed by atoms with Crippen LogP contribution in [0.15, 0.2) is 18.2 Å². The zero-order valence-electron chi connectivity index (χ0n) is 9.87. The number of benzene rings is 1. The molecule has 0 aliphatic rings. The maximum Gasteiger partial charge on any atom is 0.138 e. The lowest BCUT2D eigenvalue weighted by Crippen LogP contribution is -2.18. The van der Waals surface area contributed by atoms with Crippen molar-refractivity contribution in [3.63, 3.8) is 0 Å². The molecule has 0 aliphatic carbocycles. The second kappa shape index (κ2) is 6.09. The molecule has 0 fully saturated rings. The number of rotatable bonds is 5. The van der Waals surface area contributed by atoms with E-state index >= 15 is 0 Å². The largest absolute Gasteiger partial charge is 0.487 e. The van der Waals surface area contributed by atoms with Gasteiger partial charge in [-0.2, -0.15) is 0 Å². The first-order valence-electron chi connectivity index (χ1n) is 5.25. The van der Waals surface area contributed by atoms with Crippen molar-refractivity contribution >= 4 is 11.6 Å². The minimum Gasteiger partial charge on any atom is -0.487 e. The second-order valence-electron chi connectivity index (χ2n) is 3.86. The van der Waals surface area contributed by atoms with Crippen molar-refractivity contribution in [1.82, 2.24) is 0 Å². The summed E-state index contributed by atoms with van der Waals surface area (Å²) in [4.78, 5) is 0. The molecule has 1 aromatic rings. The maximum atomic E-state index is 6.10. The fourth-order valence-electron chi connectivity index (χ4n) is 1.38. The van der Waals surface area contributed by atoms with Gasteiger partial charge in [-0.15, -0.1) is 0 Å². The molecule has 4 heteroatoms. The normalized spacial score (nSPS) is 14.6. The lowest BCUT2D eigenvalue weighted by atomic mass is 10.1. The lowest BCUT2D eigenvalue weighted by Gasteiger charge is -2.16. The highest BCUT2D eigenvalue weighted by molar-refractivity contribution is 6.32. The molecule has 2 N–H and O–H groups in total. The van der Waals surface area contributed by atoms with Crippen LogP contribution in [-0.4, -0.2) is 19.8 Å². The molecule has 16 heavy (non-hydrogen) atoms. The number of hydrogen-bond donors (Lipinski definition) is 1. The van der Waals surface area contributed by atoms with Crippen LogP contribution in [0.2, 0.25) is 5.02 Å². The average molecular weight is 244 g/mol. The van der Waals surface area contributed by atoms with Gasteiger partial charge >= 0.3 is 0 Å². The van der Waals surface area contributed by atoms with Crippen molar-refractivity contribution in [2.45, 2.75) is 26.0 Å². The van der Waals surface area contributed by atoms with E-state index in [2.05, 4.69) is 0 Å². The summed E-state index contributed by atoms with van der Waals surface area (Å²) in [6.45, 7) is 4.38. The van der Waals surface area contributed by atoms with Gasteiger partial charge in [0, 0.05) is 13.2 Å². The van der Waals surface area contributed by atoms with E-state index in [-0.39, 0.29) is 12.1 Å². The summed E-state index contributed by atoms with van der Waals surface area (Å²) in [6.07, 6.45) is -0.0244. The van der Waals surface area contributed by atoms with Crippen LogP contribution >= 0.6 is 11.6 Å². The minimum atomic E-state index is -0.0250. The van der Waals surface area contributed by atoms with Gasteiger partial charge in [-0.1, -0.05) is 17.7 Å². The summed E-state index contributed by atoms with van der Waals surface area (Å²) in [6, 6.07) is 5.57. The quantitative estimate of drug-likeness (QED) is 0.865. The van der Waals surface area contributed by atoms with E-state index < -0.39 is 0 Å². The molecule has 90 valence electrons. The first-order valence-corrected chi connectivity index (χ1v) is 5.63. The maximum absolute atomic E-state index is 6.10. The SMILES string of the molecule is COCC(C)Oc1ccc([C@@H](C)N)cc1Cl. The Bertz CT molecular complexity index is 342. The van der Waals surface area contributed by atoms with Crippen molar-refractivity contribution < 1.29 is 9.47 Å². The first-order chi connectivity index (χ1) is 7.54. The highest BCUT2D eigenvalue weighted by Crippen LogP contribution is 2.28. The van der Waals surface area contributed by atoms with Gasteiger partial charge in [0.2, 0.25) is 0 Å². The van der Waals surface area contributed by atoms with E-state index in [0.717, 1.165) is 5.56 Å². The predicted molar refractivity (Wildman–Crippen MR) is 66.0 cm³/mol. The summed E-state index contributed by atoms with van der Waals surface area (Å²) >= 11 is 6.10. The molecule has 0 heterocycles. The molecular weight excluding hydrogens is 226 g/mol. The van der Waals surface area contributed by atoms with Crippen molar-refractivity contribution in [2.75, 3.05) is 13.7 Å². The number of hydrogen-bond acceptors (Lipinski definition) is 3. The van der Waals surface area contributed by atoms with E-state index in [1.807, 2.05) is 32.0 Å². The van der Waals surface area contributed by atoms with Gasteiger partial charge in [0.05, 0.1) is 11.6 Å². The Balaban J connectivity index is 2.75. The molecule has 0 aliphatic heterocycles. The van der Waals surface area contributed by atoms with Crippen LogP contribution in [0.3, 0.4) is 0 Å². The van der Waals surface area contributed by atoms with Crippen LogP contribution in [-0.2, 0) is 4.74 Å². The third-order valence-electron chi connectivity index (χ3n) is 2.21. The van der Waals surface area contributed by atoms with Gasteiger partial charge in [0.25, 0.3) is 0 Å². The Hall–Kier alpha value is -0.770. The third kappa shape index (κ3) is 3.67. The van der Waals surface area contributed by atoms with Crippen molar-refractivity contribution in [3.05, 3.63) is 28.8 Å². The van der Waals surface area contributed by atoms with E-state index in [9.17, 15) is 0 Å². The molecular formula is C12H18ClNO2. The van der Waals surface area contributed by atoms with Gasteiger partial charge in [-0.05, 0) is 31.5 Å². The monoisotopic (exact) mass is 243 g/mol. The highest BCUT2D eigenvalue weighted by Gasteiger charge is 2.09. The Kier molecular flexibility index (Phi) is 5.06. The van der Waals surface area contributed by atoms with Gasteiger partial charge < -0.3 is 15.2 Å². The molecule has 1 rings (SSSR count). The summed E-state index contributed by atoms with van der Waals surface area (Å²) in [5, 5.41) is 0.581. The van der Waals surface area contributed by atoms with Gasteiger partial charge in [0.1, 0.15) is 11.9 Å². The van der Waals surface area contributed by atoms with Crippen LogP contribution in [0, 0.1) is 0 Å². The summed E-state index contributed by atoms with van der Waals surface area (Å²) in [7, 11) is 1.64. The Morgan fingerprint density at radius 3 is 2.56 bits per heavy atom. The smallest absolute Gasteiger partial charge is 0.138 e. The molecule has 0 spiro atoms. The van der Waals surface area contributed by atoms with E-state index in [1.54, 1.807) is 7.11 Å². The van der Waals surface area contributed by atoms with Crippen LogP contribution < -0.4 is 10.5 Å². The molecule has 0 saturated carbocycles. The third-order valence-corrected chi connectivity index (χ3v) is 2.51. The zero-order chi connectivity index (χ0) is 12.1. The number of halogens is 1. The average Bonchev–Trinajstić information content (AvgIpc) is 2.21. The Morgan fingerprint density at radius 1 is 1.38 bits per heavy atom. The molecule has 0 amide bonds. The highest BCUT2D eigenvalue weighted by atomic mass is 35.5. The molecule has 1 unspecified atom stereocenters. The first kappa shape index (κ1) is 13.3. The van der Waals surface area contributed by atoms with Crippen LogP contribution in [0.25, 0.3) is 0 Å². The van der Waals surface area contributed by atoms with Crippen molar-refractivity contribution in [3.8, 4) is 5.75 Å². The van der Waals surface area contributed by atoms with Crippen LogP contribution in [0.5, 0.6) is 5.75 Å². The predicted octanol–water partition coefficient (Wildman–Crippen LogP) is 2.77. The summed E-state index contributed by atoms with van der Waals surface area (Å²) < 4.78 is 10.6. The molecule has 3 nitrogen and oxygen atoms in total. The molecule has 0 aromatic heterocycles. The fraction of sp³-hybridized carbons (Fsp3) is 0.500. The Morgan fingerprint density at radius 2 is 2.06 bits per heavy atom. The molecule has 0 bridgehead atoms. The second-order valence-corrected chi connectivity index (χ2v) is 4.27. The molecule has 1 aromatic carbocycles. The van der Waals surface area contributed by atoms with Gasteiger partial charge in [0.15, 0.2) is 0 Å². The zero-order valence-corrected chi connectivity index (χ0v) is 10.6. The van der Waals surface area contributed by atoms with E-state index in [4.69, 9.17) is 26.8 Å². The van der Waals surface area contributed by atoms with E-state index in [1.165, 1.54) is 0 Å². The standard InChI is InChI=1S/C12H18ClNO2/c1-8(7-15-3)16-12-5-4-10(9(2)14)6-11(12)13/h4-6,8-9H,7,14H2,1-3H3/t8?,9-/m1/s1. The van der Waals surface area contributed by atoms with E-state index in [0.29, 0.717) is 17.4 Å². The van der Waals surface area contributed by atoms with Crippen molar-refractivity contribution in [1.29, 1.82) is 0 Å². The Labute approximate surface area is 101 Å². The number of ether oxygens (including phenoxy) is 2. The minimum absolute atomic E-state index is 0.0244. The van der Waals surface area contributed by atoms with Crippen LogP contribution in [0.4, 0.5) is 0 Å². The van der Waals surface area contributed by atoms with Gasteiger partial charge in [-0.3, -0.25) is 0 Å². The summed E-state index contributed by atoms with van der Waals surface area (Å²) in [5.74, 6) is 0.663.